The third kappa shape index (κ3) is 3.83. The number of para-hydroxylation sites is 1. The number of anilines is 1. The van der Waals surface area contributed by atoms with Gasteiger partial charge in [-0.25, -0.2) is 4.98 Å². The molecule has 0 aliphatic heterocycles. The van der Waals surface area contributed by atoms with Crippen LogP contribution in [-0.4, -0.2) is 10.9 Å². The molecule has 0 unspecified atom stereocenters. The molecule has 0 aliphatic carbocycles. The van der Waals surface area contributed by atoms with Crippen LogP contribution < -0.4 is 5.32 Å². The maximum Gasteiger partial charge on any atom is 0.256 e. The molecule has 1 amide bonds. The molecule has 0 bridgehead atoms. The number of nitrogens with zero attached hydrogens (tertiary/aromatic N) is 1. The molecular weight excluding hydrogens is 415 g/mol. The molecule has 0 saturated heterocycles. The van der Waals surface area contributed by atoms with Crippen LogP contribution in [0.25, 0.3) is 22.2 Å². The van der Waals surface area contributed by atoms with Crippen LogP contribution in [0.1, 0.15) is 10.4 Å². The van der Waals surface area contributed by atoms with Crippen molar-refractivity contribution >= 4 is 57.3 Å². The van der Waals surface area contributed by atoms with Gasteiger partial charge in [-0.1, -0.05) is 59.1 Å². The molecule has 0 aliphatic rings. The molecule has 1 N–H and O–H groups in total. The summed E-state index contributed by atoms with van der Waals surface area (Å²) in [5, 5.41) is 5.19. The van der Waals surface area contributed by atoms with Crippen LogP contribution in [-0.2, 0) is 0 Å². The molecule has 0 fully saturated rings. The Hall–Kier alpha value is -2.59. The lowest BCUT2D eigenvalue weighted by atomic mass is 10.0. The van der Waals surface area contributed by atoms with Gasteiger partial charge in [0.15, 0.2) is 0 Å². The van der Waals surface area contributed by atoms with Crippen molar-refractivity contribution in [3.05, 3.63) is 93.4 Å². The molecule has 1 aromatic heterocycles. The van der Waals surface area contributed by atoms with E-state index in [0.717, 1.165) is 5.39 Å². The Morgan fingerprint density at radius 2 is 1.61 bits per heavy atom. The van der Waals surface area contributed by atoms with E-state index in [4.69, 9.17) is 34.8 Å². The van der Waals surface area contributed by atoms with Gasteiger partial charge < -0.3 is 5.32 Å². The van der Waals surface area contributed by atoms with Crippen LogP contribution in [0.5, 0.6) is 0 Å². The second-order valence-electron chi connectivity index (χ2n) is 6.16. The number of pyridine rings is 1. The fraction of sp³-hybridized carbons (Fsp3) is 0. The summed E-state index contributed by atoms with van der Waals surface area (Å²) in [4.78, 5) is 17.7. The standard InChI is InChI=1S/C22H13Cl3N2O/c23-13-4-3-5-15(10-13)26-22(28)18-12-21(17-9-8-14(24)11-19(17)25)27-20-7-2-1-6-16(18)20/h1-12H,(H,26,28). The van der Waals surface area contributed by atoms with Crippen LogP contribution in [0.4, 0.5) is 5.69 Å². The number of hydrogen-bond donors (Lipinski definition) is 1. The Morgan fingerprint density at radius 1 is 0.821 bits per heavy atom. The van der Waals surface area contributed by atoms with E-state index in [0.29, 0.717) is 43.1 Å². The third-order valence-corrected chi connectivity index (χ3v) is 5.03. The van der Waals surface area contributed by atoms with E-state index in [9.17, 15) is 4.79 Å². The smallest absolute Gasteiger partial charge is 0.256 e. The van der Waals surface area contributed by atoms with E-state index in [1.54, 1.807) is 48.5 Å². The molecule has 3 aromatic carbocycles. The number of carbonyl (C=O) groups is 1. The van der Waals surface area contributed by atoms with Crippen LogP contribution >= 0.6 is 34.8 Å². The highest BCUT2D eigenvalue weighted by Gasteiger charge is 2.16. The van der Waals surface area contributed by atoms with E-state index in [-0.39, 0.29) is 5.91 Å². The lowest BCUT2D eigenvalue weighted by molar-refractivity contribution is 0.102. The Labute approximate surface area is 176 Å². The van der Waals surface area contributed by atoms with E-state index in [1.165, 1.54) is 0 Å². The monoisotopic (exact) mass is 426 g/mol. The number of rotatable bonds is 3. The predicted octanol–water partition coefficient (Wildman–Crippen LogP) is 7.11. The van der Waals surface area contributed by atoms with Gasteiger partial charge in [-0.05, 0) is 48.5 Å². The highest BCUT2D eigenvalue weighted by atomic mass is 35.5. The summed E-state index contributed by atoms with van der Waals surface area (Å²) in [6.45, 7) is 0. The van der Waals surface area contributed by atoms with E-state index in [1.807, 2.05) is 24.3 Å². The first-order valence-electron chi connectivity index (χ1n) is 8.43. The lowest BCUT2D eigenvalue weighted by Crippen LogP contribution is -2.13. The maximum absolute atomic E-state index is 13.0. The normalized spacial score (nSPS) is 10.8. The van der Waals surface area contributed by atoms with Gasteiger partial charge in [-0.15, -0.1) is 0 Å². The number of aromatic nitrogens is 1. The van der Waals surface area contributed by atoms with Gasteiger partial charge in [0.25, 0.3) is 5.91 Å². The number of hydrogen-bond acceptors (Lipinski definition) is 2. The van der Waals surface area contributed by atoms with Gasteiger partial charge in [0, 0.05) is 26.7 Å². The van der Waals surface area contributed by atoms with Crippen LogP contribution in [0.15, 0.2) is 72.8 Å². The quantitative estimate of drug-likeness (QED) is 0.378. The largest absolute Gasteiger partial charge is 0.322 e. The molecule has 6 heteroatoms. The van der Waals surface area contributed by atoms with Crippen molar-refractivity contribution in [1.29, 1.82) is 0 Å². The molecule has 0 radical (unpaired) electrons. The number of benzene rings is 3. The zero-order valence-corrected chi connectivity index (χ0v) is 16.7. The third-order valence-electron chi connectivity index (χ3n) is 4.25. The molecule has 138 valence electrons. The first kappa shape index (κ1) is 18.8. The van der Waals surface area contributed by atoms with Crippen molar-refractivity contribution in [2.45, 2.75) is 0 Å². The highest BCUT2D eigenvalue weighted by molar-refractivity contribution is 6.36. The Balaban J connectivity index is 1.83. The van der Waals surface area contributed by atoms with Crippen molar-refractivity contribution in [3.63, 3.8) is 0 Å². The van der Waals surface area contributed by atoms with E-state index in [2.05, 4.69) is 10.3 Å². The number of halogens is 3. The summed E-state index contributed by atoms with van der Waals surface area (Å²) < 4.78 is 0. The highest BCUT2D eigenvalue weighted by Crippen LogP contribution is 2.32. The maximum atomic E-state index is 13.0. The summed E-state index contributed by atoms with van der Waals surface area (Å²) in [5.74, 6) is -0.257. The van der Waals surface area contributed by atoms with Crippen LogP contribution in [0, 0.1) is 0 Å². The minimum atomic E-state index is -0.257. The predicted molar refractivity (Wildman–Crippen MR) is 117 cm³/mol. The van der Waals surface area contributed by atoms with Gasteiger partial charge in [-0.2, -0.15) is 0 Å². The molecule has 4 rings (SSSR count). The second-order valence-corrected chi connectivity index (χ2v) is 7.44. The number of amides is 1. The van der Waals surface area contributed by atoms with Gasteiger partial charge in [-0.3, -0.25) is 4.79 Å². The molecule has 0 spiro atoms. The Morgan fingerprint density at radius 3 is 2.39 bits per heavy atom. The van der Waals surface area contributed by atoms with Crippen molar-refractivity contribution in [3.8, 4) is 11.3 Å². The Bertz CT molecular complexity index is 1210. The topological polar surface area (TPSA) is 42.0 Å². The summed E-state index contributed by atoms with van der Waals surface area (Å²) in [5.41, 5.74) is 3.10. The van der Waals surface area contributed by atoms with Gasteiger partial charge >= 0.3 is 0 Å². The molecular formula is C22H13Cl3N2O. The molecule has 0 atom stereocenters. The molecule has 4 aromatic rings. The zero-order chi connectivity index (χ0) is 19.7. The van der Waals surface area contributed by atoms with Crippen molar-refractivity contribution < 1.29 is 4.79 Å². The summed E-state index contributed by atoms with van der Waals surface area (Å²) in [6, 6.07) is 21.4. The van der Waals surface area contributed by atoms with Crippen molar-refractivity contribution in [2.75, 3.05) is 5.32 Å². The fourth-order valence-electron chi connectivity index (χ4n) is 2.96. The van der Waals surface area contributed by atoms with E-state index < -0.39 is 0 Å². The van der Waals surface area contributed by atoms with Crippen LogP contribution in [0.2, 0.25) is 15.1 Å². The number of nitrogens with one attached hydrogen (secondary N) is 1. The van der Waals surface area contributed by atoms with E-state index >= 15 is 0 Å². The minimum absolute atomic E-state index is 0.257. The summed E-state index contributed by atoms with van der Waals surface area (Å²) in [7, 11) is 0. The molecule has 3 nitrogen and oxygen atoms in total. The van der Waals surface area contributed by atoms with Gasteiger partial charge in [0.05, 0.1) is 21.8 Å². The van der Waals surface area contributed by atoms with Crippen molar-refractivity contribution in [1.82, 2.24) is 4.98 Å². The average molecular weight is 428 g/mol. The second kappa shape index (κ2) is 7.80. The summed E-state index contributed by atoms with van der Waals surface area (Å²) >= 11 is 18.4. The molecule has 1 heterocycles. The summed E-state index contributed by atoms with van der Waals surface area (Å²) in [6.07, 6.45) is 0. The first-order chi connectivity index (χ1) is 13.5. The lowest BCUT2D eigenvalue weighted by Gasteiger charge is -2.12. The first-order valence-corrected chi connectivity index (χ1v) is 9.57. The zero-order valence-electron chi connectivity index (χ0n) is 14.4. The fourth-order valence-corrected chi connectivity index (χ4v) is 3.66. The van der Waals surface area contributed by atoms with Gasteiger partial charge in [0.1, 0.15) is 0 Å². The van der Waals surface area contributed by atoms with Crippen molar-refractivity contribution in [2.24, 2.45) is 0 Å². The Kier molecular flexibility index (Phi) is 5.23. The number of fused-ring (bicyclic) bond motifs is 1. The molecule has 28 heavy (non-hydrogen) atoms. The SMILES string of the molecule is O=C(Nc1cccc(Cl)c1)c1cc(-c2ccc(Cl)cc2Cl)nc2ccccc12. The van der Waals surface area contributed by atoms with Gasteiger partial charge in [0.2, 0.25) is 0 Å². The molecule has 0 saturated carbocycles. The average Bonchev–Trinajstić information content (AvgIpc) is 2.67. The minimum Gasteiger partial charge on any atom is -0.322 e. The van der Waals surface area contributed by atoms with Crippen LogP contribution in [0.3, 0.4) is 0 Å². The number of carbonyl (C=O) groups excluding carboxylic acids is 1.